The van der Waals surface area contributed by atoms with Gasteiger partial charge in [0.25, 0.3) is 0 Å². The minimum Gasteiger partial charge on any atom is -0.507 e. The van der Waals surface area contributed by atoms with Crippen LogP contribution in [0.3, 0.4) is 0 Å². The lowest BCUT2D eigenvalue weighted by molar-refractivity contribution is 0.261. The maximum absolute atomic E-state index is 10.00. The van der Waals surface area contributed by atoms with Crippen LogP contribution in [0.4, 0.5) is 0 Å². The Morgan fingerprint density at radius 1 is 1.30 bits per heavy atom. The number of hydrogen-bond acceptors (Lipinski definition) is 3. The second kappa shape index (κ2) is 7.53. The van der Waals surface area contributed by atoms with Crippen molar-refractivity contribution in [2.75, 3.05) is 7.11 Å². The molecule has 1 aromatic carbocycles. The van der Waals surface area contributed by atoms with Crippen LogP contribution in [0.5, 0.6) is 11.5 Å². The molecular weight excluding hydrogens is 250 g/mol. The Balaban J connectivity index is 1.92. The fraction of sp³-hybridized carbons (Fsp3) is 0.647. The highest BCUT2D eigenvalue weighted by Gasteiger charge is 2.21. The molecule has 0 saturated heterocycles. The number of benzene rings is 1. The first-order valence-corrected chi connectivity index (χ1v) is 7.83. The first kappa shape index (κ1) is 15.2. The van der Waals surface area contributed by atoms with Crippen molar-refractivity contribution in [3.63, 3.8) is 0 Å². The topological polar surface area (TPSA) is 41.5 Å². The molecule has 0 heterocycles. The van der Waals surface area contributed by atoms with Crippen molar-refractivity contribution >= 4 is 0 Å². The molecule has 112 valence electrons. The van der Waals surface area contributed by atoms with Crippen molar-refractivity contribution in [1.82, 2.24) is 5.32 Å². The minimum absolute atomic E-state index is 0.315. The molecule has 1 saturated carbocycles. The maximum Gasteiger partial charge on any atom is 0.123 e. The molecule has 0 aromatic heterocycles. The summed E-state index contributed by atoms with van der Waals surface area (Å²) in [6.45, 7) is 2.98. The van der Waals surface area contributed by atoms with E-state index in [1.54, 1.807) is 13.2 Å². The third-order valence-electron chi connectivity index (χ3n) is 4.51. The molecule has 3 nitrogen and oxygen atoms in total. The van der Waals surface area contributed by atoms with Crippen LogP contribution in [-0.2, 0) is 6.54 Å². The molecule has 2 N–H and O–H groups in total. The molecule has 2 rings (SSSR count). The summed E-state index contributed by atoms with van der Waals surface area (Å²) in [6, 6.07) is 6.09. The van der Waals surface area contributed by atoms with E-state index in [4.69, 9.17) is 4.74 Å². The summed E-state index contributed by atoms with van der Waals surface area (Å²) in [4.78, 5) is 0. The standard InChI is InChI=1S/C17H27NO2/c1-3-16(13-7-5-4-6-8-13)18-12-14-9-10-15(20-2)11-17(14)19/h9-11,13,16,18-19H,3-8,12H2,1-2H3. The van der Waals surface area contributed by atoms with Gasteiger partial charge in [-0.15, -0.1) is 0 Å². The third-order valence-corrected chi connectivity index (χ3v) is 4.51. The molecule has 0 aliphatic heterocycles. The molecule has 1 aliphatic carbocycles. The van der Waals surface area contributed by atoms with Gasteiger partial charge in [-0.25, -0.2) is 0 Å². The Kier molecular flexibility index (Phi) is 5.72. The van der Waals surface area contributed by atoms with E-state index in [0.717, 1.165) is 24.4 Å². The zero-order valence-electron chi connectivity index (χ0n) is 12.7. The Labute approximate surface area is 122 Å². The molecule has 1 aromatic rings. The van der Waals surface area contributed by atoms with Crippen LogP contribution >= 0.6 is 0 Å². The highest BCUT2D eigenvalue weighted by molar-refractivity contribution is 5.39. The lowest BCUT2D eigenvalue weighted by atomic mass is 9.83. The van der Waals surface area contributed by atoms with Crippen LogP contribution in [0.25, 0.3) is 0 Å². The van der Waals surface area contributed by atoms with Crippen LogP contribution in [-0.4, -0.2) is 18.3 Å². The summed E-state index contributed by atoms with van der Waals surface area (Å²) >= 11 is 0. The number of rotatable bonds is 6. The van der Waals surface area contributed by atoms with Crippen LogP contribution in [0.1, 0.15) is 51.0 Å². The average molecular weight is 277 g/mol. The Morgan fingerprint density at radius 2 is 2.05 bits per heavy atom. The van der Waals surface area contributed by atoms with E-state index < -0.39 is 0 Å². The second-order valence-corrected chi connectivity index (χ2v) is 5.79. The largest absolute Gasteiger partial charge is 0.507 e. The second-order valence-electron chi connectivity index (χ2n) is 5.79. The molecule has 3 heteroatoms. The van der Waals surface area contributed by atoms with E-state index in [9.17, 15) is 5.11 Å². The van der Waals surface area contributed by atoms with Crippen LogP contribution in [0, 0.1) is 5.92 Å². The molecule has 1 aliphatic rings. The normalized spacial score (nSPS) is 17.9. The van der Waals surface area contributed by atoms with Gasteiger partial charge in [0.1, 0.15) is 11.5 Å². The Bertz CT molecular complexity index is 413. The number of phenols is 1. The van der Waals surface area contributed by atoms with Gasteiger partial charge in [0.15, 0.2) is 0 Å². The zero-order valence-corrected chi connectivity index (χ0v) is 12.7. The molecule has 0 radical (unpaired) electrons. The van der Waals surface area contributed by atoms with E-state index in [0.29, 0.717) is 17.5 Å². The summed E-state index contributed by atoms with van der Waals surface area (Å²) in [6.07, 6.45) is 7.99. The number of methoxy groups -OCH3 is 1. The van der Waals surface area contributed by atoms with Crippen molar-refractivity contribution in [3.8, 4) is 11.5 Å². The number of aromatic hydroxyl groups is 1. The van der Waals surface area contributed by atoms with Crippen molar-refractivity contribution in [1.29, 1.82) is 0 Å². The van der Waals surface area contributed by atoms with E-state index in [1.165, 1.54) is 32.1 Å². The minimum atomic E-state index is 0.315. The molecular formula is C17H27NO2. The van der Waals surface area contributed by atoms with E-state index >= 15 is 0 Å². The number of hydrogen-bond donors (Lipinski definition) is 2. The Hall–Kier alpha value is -1.22. The van der Waals surface area contributed by atoms with Crippen molar-refractivity contribution in [2.45, 2.75) is 58.0 Å². The van der Waals surface area contributed by atoms with Crippen LogP contribution < -0.4 is 10.1 Å². The van der Waals surface area contributed by atoms with Gasteiger partial charge in [-0.1, -0.05) is 32.3 Å². The third kappa shape index (κ3) is 3.89. The first-order chi connectivity index (χ1) is 9.74. The summed E-state index contributed by atoms with van der Waals surface area (Å²) in [7, 11) is 1.61. The first-order valence-electron chi connectivity index (χ1n) is 7.83. The molecule has 0 spiro atoms. The van der Waals surface area contributed by atoms with E-state index in [2.05, 4.69) is 12.2 Å². The van der Waals surface area contributed by atoms with Gasteiger partial charge in [-0.3, -0.25) is 0 Å². The van der Waals surface area contributed by atoms with Gasteiger partial charge in [0.05, 0.1) is 7.11 Å². The van der Waals surface area contributed by atoms with Crippen LogP contribution in [0.2, 0.25) is 0 Å². The van der Waals surface area contributed by atoms with Crippen molar-refractivity contribution in [2.24, 2.45) is 5.92 Å². The maximum atomic E-state index is 10.00. The number of ether oxygens (including phenoxy) is 1. The van der Waals surface area contributed by atoms with Gasteiger partial charge in [0, 0.05) is 24.2 Å². The van der Waals surface area contributed by atoms with Gasteiger partial charge >= 0.3 is 0 Å². The summed E-state index contributed by atoms with van der Waals surface area (Å²) < 4.78 is 5.11. The molecule has 1 atom stereocenters. The summed E-state index contributed by atoms with van der Waals surface area (Å²) in [5.41, 5.74) is 0.944. The molecule has 0 bridgehead atoms. The highest BCUT2D eigenvalue weighted by Crippen LogP contribution is 2.28. The highest BCUT2D eigenvalue weighted by atomic mass is 16.5. The fourth-order valence-electron chi connectivity index (χ4n) is 3.24. The van der Waals surface area contributed by atoms with Crippen molar-refractivity contribution in [3.05, 3.63) is 23.8 Å². The lowest BCUT2D eigenvalue weighted by Crippen LogP contribution is -2.36. The van der Waals surface area contributed by atoms with Gasteiger partial charge < -0.3 is 15.2 Å². The van der Waals surface area contributed by atoms with Crippen molar-refractivity contribution < 1.29 is 9.84 Å². The molecule has 20 heavy (non-hydrogen) atoms. The predicted octanol–water partition coefficient (Wildman–Crippen LogP) is 3.85. The number of phenolic OH excluding ortho intramolecular Hbond substituents is 1. The van der Waals surface area contributed by atoms with Gasteiger partial charge in [-0.05, 0) is 31.2 Å². The van der Waals surface area contributed by atoms with E-state index in [-0.39, 0.29) is 0 Å². The van der Waals surface area contributed by atoms with Crippen LogP contribution in [0.15, 0.2) is 18.2 Å². The lowest BCUT2D eigenvalue weighted by Gasteiger charge is -2.30. The molecule has 0 amide bonds. The van der Waals surface area contributed by atoms with Gasteiger partial charge in [-0.2, -0.15) is 0 Å². The summed E-state index contributed by atoms with van der Waals surface area (Å²) in [5, 5.41) is 13.6. The Morgan fingerprint density at radius 3 is 2.65 bits per heavy atom. The molecule has 1 unspecified atom stereocenters. The predicted molar refractivity (Wildman–Crippen MR) is 82.2 cm³/mol. The summed E-state index contributed by atoms with van der Waals surface area (Å²) in [5.74, 6) is 1.81. The monoisotopic (exact) mass is 277 g/mol. The average Bonchev–Trinajstić information content (AvgIpc) is 2.50. The SMILES string of the molecule is CCC(NCc1ccc(OC)cc1O)C1CCCCC1. The zero-order chi connectivity index (χ0) is 14.4. The van der Waals surface area contributed by atoms with E-state index in [1.807, 2.05) is 12.1 Å². The van der Waals surface area contributed by atoms with Gasteiger partial charge in [0.2, 0.25) is 0 Å². The molecule has 1 fully saturated rings. The quantitative estimate of drug-likeness (QED) is 0.830. The smallest absolute Gasteiger partial charge is 0.123 e. The number of nitrogens with one attached hydrogen (secondary N) is 1. The fourth-order valence-corrected chi connectivity index (χ4v) is 3.24.